The number of benzene rings is 1. The van der Waals surface area contributed by atoms with Crippen LogP contribution in [0.25, 0.3) is 10.9 Å². The zero-order valence-electron chi connectivity index (χ0n) is 10.9. The van der Waals surface area contributed by atoms with E-state index in [4.69, 9.17) is 0 Å². The molecule has 0 spiro atoms. The summed E-state index contributed by atoms with van der Waals surface area (Å²) in [4.78, 5) is 15.2. The molecule has 0 aliphatic rings. The molecule has 1 amide bonds. The van der Waals surface area contributed by atoms with Crippen molar-refractivity contribution < 1.29 is 4.79 Å². The Labute approximate surface area is 111 Å². The Balaban J connectivity index is 2.08. The lowest BCUT2D eigenvalue weighted by Crippen LogP contribution is -2.36. The van der Waals surface area contributed by atoms with E-state index < -0.39 is 0 Å². The largest absolute Gasteiger partial charge is 0.361 e. The summed E-state index contributed by atoms with van der Waals surface area (Å²) in [6, 6.07) is 7.70. The number of H-pyrrole nitrogens is 1. The highest BCUT2D eigenvalue weighted by Gasteiger charge is 2.17. The van der Waals surface area contributed by atoms with Gasteiger partial charge in [-0.05, 0) is 43.7 Å². The number of hydrogen-bond donors (Lipinski definition) is 2. The third-order valence-corrected chi connectivity index (χ3v) is 4.29. The number of rotatable bonds is 4. The van der Waals surface area contributed by atoms with Gasteiger partial charge in [0.15, 0.2) is 0 Å². The van der Waals surface area contributed by atoms with Crippen LogP contribution in [-0.2, 0) is 0 Å². The molecule has 1 aromatic heterocycles. The quantitative estimate of drug-likeness (QED) is 0.889. The van der Waals surface area contributed by atoms with Crippen molar-refractivity contribution in [2.75, 3.05) is 12.8 Å². The second kappa shape index (κ2) is 5.06. The van der Waals surface area contributed by atoms with Gasteiger partial charge in [-0.3, -0.25) is 4.79 Å². The van der Waals surface area contributed by atoms with Crippen LogP contribution < -0.4 is 5.32 Å². The van der Waals surface area contributed by atoms with E-state index in [1.54, 1.807) is 11.8 Å². The van der Waals surface area contributed by atoms with Gasteiger partial charge in [-0.25, -0.2) is 0 Å². The number of fused-ring (bicyclic) bond motifs is 1. The number of thioether (sulfide) groups is 1. The smallest absolute Gasteiger partial charge is 0.251 e. The maximum absolute atomic E-state index is 12.0. The number of aromatic nitrogens is 1. The topological polar surface area (TPSA) is 44.9 Å². The van der Waals surface area contributed by atoms with E-state index in [9.17, 15) is 4.79 Å². The summed E-state index contributed by atoms with van der Waals surface area (Å²) in [7, 11) is 0. The van der Waals surface area contributed by atoms with E-state index in [0.717, 1.165) is 10.9 Å². The van der Waals surface area contributed by atoms with E-state index >= 15 is 0 Å². The molecular weight excluding hydrogens is 244 g/mol. The molecule has 0 aliphatic carbocycles. The average Bonchev–Trinajstić information content (AvgIpc) is 2.83. The van der Waals surface area contributed by atoms with Crippen LogP contribution >= 0.6 is 11.8 Å². The molecule has 0 unspecified atom stereocenters. The summed E-state index contributed by atoms with van der Waals surface area (Å²) >= 11 is 1.75. The van der Waals surface area contributed by atoms with Crippen LogP contribution in [0.3, 0.4) is 0 Å². The van der Waals surface area contributed by atoms with Gasteiger partial charge in [0, 0.05) is 28.6 Å². The fourth-order valence-electron chi connectivity index (χ4n) is 1.66. The summed E-state index contributed by atoms with van der Waals surface area (Å²) in [5, 5.41) is 4.09. The van der Waals surface area contributed by atoms with Crippen molar-refractivity contribution in [3.05, 3.63) is 36.0 Å². The molecule has 2 aromatic rings. The zero-order chi connectivity index (χ0) is 13.2. The molecular formula is C14H18N2OS. The standard InChI is InChI=1S/C14H18N2OS/c1-14(2,18-3)9-16-13(17)11-5-4-10-6-7-15-12(10)8-11/h4-8,15H,9H2,1-3H3,(H,16,17). The Bertz CT molecular complexity index is 560. The fourth-order valence-corrected chi connectivity index (χ4v) is 1.87. The predicted octanol–water partition coefficient (Wildman–Crippen LogP) is 3.04. The van der Waals surface area contributed by atoms with Crippen LogP contribution in [0.4, 0.5) is 0 Å². The van der Waals surface area contributed by atoms with Crippen molar-refractivity contribution in [1.82, 2.24) is 10.3 Å². The molecule has 4 heteroatoms. The summed E-state index contributed by atoms with van der Waals surface area (Å²) in [6.07, 6.45) is 3.93. The van der Waals surface area contributed by atoms with Crippen molar-refractivity contribution in [1.29, 1.82) is 0 Å². The van der Waals surface area contributed by atoms with Gasteiger partial charge in [-0.15, -0.1) is 0 Å². The van der Waals surface area contributed by atoms with Gasteiger partial charge in [0.2, 0.25) is 0 Å². The first kappa shape index (κ1) is 13.0. The minimum absolute atomic E-state index is 0.0198. The Morgan fingerprint density at radius 2 is 2.17 bits per heavy atom. The third kappa shape index (κ3) is 2.88. The van der Waals surface area contributed by atoms with Crippen LogP contribution in [0.5, 0.6) is 0 Å². The van der Waals surface area contributed by atoms with Gasteiger partial charge >= 0.3 is 0 Å². The van der Waals surface area contributed by atoms with Gasteiger partial charge in [-0.1, -0.05) is 6.07 Å². The maximum Gasteiger partial charge on any atom is 0.251 e. The molecule has 96 valence electrons. The summed E-state index contributed by atoms with van der Waals surface area (Å²) < 4.78 is 0.0617. The normalized spacial score (nSPS) is 11.7. The summed E-state index contributed by atoms with van der Waals surface area (Å²) in [5.41, 5.74) is 1.69. The van der Waals surface area contributed by atoms with E-state index in [-0.39, 0.29) is 10.7 Å². The number of hydrogen-bond acceptors (Lipinski definition) is 2. The number of nitrogens with one attached hydrogen (secondary N) is 2. The number of aromatic amines is 1. The third-order valence-electron chi connectivity index (χ3n) is 3.04. The van der Waals surface area contributed by atoms with E-state index in [1.807, 2.05) is 30.5 Å². The highest BCUT2D eigenvalue weighted by Crippen LogP contribution is 2.20. The lowest BCUT2D eigenvalue weighted by molar-refractivity contribution is 0.0951. The summed E-state index contributed by atoms with van der Waals surface area (Å²) in [5.74, 6) is -0.0198. The maximum atomic E-state index is 12.0. The minimum atomic E-state index is -0.0198. The lowest BCUT2D eigenvalue weighted by atomic mass is 10.1. The molecule has 0 fully saturated rings. The Kier molecular flexibility index (Phi) is 3.66. The molecule has 0 saturated carbocycles. The molecule has 1 aromatic carbocycles. The Morgan fingerprint density at radius 3 is 2.89 bits per heavy atom. The molecule has 0 aliphatic heterocycles. The molecule has 18 heavy (non-hydrogen) atoms. The Morgan fingerprint density at radius 1 is 1.39 bits per heavy atom. The molecule has 2 N–H and O–H groups in total. The van der Waals surface area contributed by atoms with Crippen LogP contribution in [0.15, 0.2) is 30.5 Å². The van der Waals surface area contributed by atoms with Crippen LogP contribution in [0.2, 0.25) is 0 Å². The van der Waals surface area contributed by atoms with Crippen molar-refractivity contribution in [2.24, 2.45) is 0 Å². The van der Waals surface area contributed by atoms with Crippen LogP contribution in [0, 0.1) is 0 Å². The highest BCUT2D eigenvalue weighted by atomic mass is 32.2. The molecule has 0 radical (unpaired) electrons. The second-order valence-corrected chi connectivity index (χ2v) is 6.44. The van der Waals surface area contributed by atoms with Crippen molar-refractivity contribution in [3.8, 4) is 0 Å². The average molecular weight is 262 g/mol. The van der Waals surface area contributed by atoms with E-state index in [1.165, 1.54) is 0 Å². The first-order valence-corrected chi connectivity index (χ1v) is 7.15. The first-order valence-electron chi connectivity index (χ1n) is 5.92. The molecule has 0 saturated heterocycles. The van der Waals surface area contributed by atoms with Gasteiger partial charge in [-0.2, -0.15) is 11.8 Å². The lowest BCUT2D eigenvalue weighted by Gasteiger charge is -2.22. The second-order valence-electron chi connectivity index (χ2n) is 4.93. The number of carbonyl (C=O) groups is 1. The number of carbonyl (C=O) groups excluding carboxylic acids is 1. The van der Waals surface area contributed by atoms with Crippen LogP contribution in [-0.4, -0.2) is 28.4 Å². The highest BCUT2D eigenvalue weighted by molar-refractivity contribution is 7.99. The van der Waals surface area contributed by atoms with Crippen molar-refractivity contribution in [2.45, 2.75) is 18.6 Å². The zero-order valence-corrected chi connectivity index (χ0v) is 11.7. The monoisotopic (exact) mass is 262 g/mol. The number of amides is 1. The molecule has 3 nitrogen and oxygen atoms in total. The van der Waals surface area contributed by atoms with E-state index in [2.05, 4.69) is 30.4 Å². The summed E-state index contributed by atoms with van der Waals surface area (Å²) in [6.45, 7) is 4.90. The first-order chi connectivity index (χ1) is 8.52. The SMILES string of the molecule is CSC(C)(C)CNC(=O)c1ccc2cc[nH]c2c1. The minimum Gasteiger partial charge on any atom is -0.361 e. The predicted molar refractivity (Wildman–Crippen MR) is 78.2 cm³/mol. The van der Waals surface area contributed by atoms with Crippen LogP contribution in [0.1, 0.15) is 24.2 Å². The fraction of sp³-hybridized carbons (Fsp3) is 0.357. The van der Waals surface area contributed by atoms with Gasteiger partial charge in [0.25, 0.3) is 5.91 Å². The molecule has 2 rings (SSSR count). The Hall–Kier alpha value is -1.42. The molecule has 1 heterocycles. The van der Waals surface area contributed by atoms with E-state index in [0.29, 0.717) is 12.1 Å². The van der Waals surface area contributed by atoms with Gasteiger partial charge in [0.05, 0.1) is 0 Å². The van der Waals surface area contributed by atoms with Crippen molar-refractivity contribution in [3.63, 3.8) is 0 Å². The molecule has 0 atom stereocenters. The van der Waals surface area contributed by atoms with Crippen molar-refractivity contribution >= 4 is 28.6 Å². The van der Waals surface area contributed by atoms with Gasteiger partial charge < -0.3 is 10.3 Å². The molecule has 0 bridgehead atoms. The van der Waals surface area contributed by atoms with Gasteiger partial charge in [0.1, 0.15) is 0 Å².